The number of hydrogen-bond acceptors (Lipinski definition) is 5. The number of pyridine rings is 1. The van der Waals surface area contributed by atoms with Crippen molar-refractivity contribution in [3.8, 4) is 0 Å². The molecule has 124 valence electrons. The molecule has 0 radical (unpaired) electrons. The lowest BCUT2D eigenvalue weighted by Crippen LogP contribution is -2.12. The number of carbonyl (C=O) groups is 1. The SMILES string of the molecule is O=C(Nc1cccnc1)c1oc2ccccc2c1CSc1cccs1. The lowest BCUT2D eigenvalue weighted by atomic mass is 10.1. The second-order valence-corrected chi connectivity index (χ2v) is 7.55. The van der Waals surface area contributed by atoms with Crippen molar-refractivity contribution in [2.24, 2.45) is 0 Å². The molecule has 0 bridgehead atoms. The molecule has 25 heavy (non-hydrogen) atoms. The Kier molecular flexibility index (Phi) is 4.54. The number of nitrogens with one attached hydrogen (secondary N) is 1. The minimum atomic E-state index is -0.258. The molecule has 4 aromatic rings. The van der Waals surface area contributed by atoms with Crippen LogP contribution in [-0.2, 0) is 5.75 Å². The first-order valence-electron chi connectivity index (χ1n) is 7.69. The zero-order chi connectivity index (χ0) is 17.1. The predicted octanol–water partition coefficient (Wildman–Crippen LogP) is 5.43. The summed E-state index contributed by atoms with van der Waals surface area (Å²) in [4.78, 5) is 16.7. The van der Waals surface area contributed by atoms with E-state index < -0.39 is 0 Å². The molecule has 0 saturated carbocycles. The van der Waals surface area contributed by atoms with Crippen molar-refractivity contribution in [3.05, 3.63) is 77.6 Å². The first-order valence-corrected chi connectivity index (χ1v) is 9.56. The van der Waals surface area contributed by atoms with Crippen LogP contribution < -0.4 is 5.32 Å². The molecule has 0 aliphatic carbocycles. The van der Waals surface area contributed by atoms with Gasteiger partial charge in [0.1, 0.15) is 5.58 Å². The van der Waals surface area contributed by atoms with E-state index in [0.717, 1.165) is 16.5 Å². The predicted molar refractivity (Wildman–Crippen MR) is 102 cm³/mol. The third kappa shape index (κ3) is 3.45. The van der Waals surface area contributed by atoms with Crippen LogP contribution in [0.25, 0.3) is 11.0 Å². The summed E-state index contributed by atoms with van der Waals surface area (Å²) < 4.78 is 7.07. The molecule has 1 aromatic carbocycles. The summed E-state index contributed by atoms with van der Waals surface area (Å²) in [6.45, 7) is 0. The largest absolute Gasteiger partial charge is 0.451 e. The van der Waals surface area contributed by atoms with E-state index in [4.69, 9.17) is 4.42 Å². The molecule has 3 aromatic heterocycles. The Morgan fingerprint density at radius 3 is 2.88 bits per heavy atom. The fourth-order valence-electron chi connectivity index (χ4n) is 2.54. The minimum Gasteiger partial charge on any atom is -0.451 e. The summed E-state index contributed by atoms with van der Waals surface area (Å²) in [5, 5.41) is 5.87. The molecule has 0 saturated heterocycles. The van der Waals surface area contributed by atoms with Gasteiger partial charge in [-0.3, -0.25) is 9.78 Å². The second kappa shape index (κ2) is 7.13. The number of anilines is 1. The maximum Gasteiger partial charge on any atom is 0.291 e. The monoisotopic (exact) mass is 366 g/mol. The molecule has 0 spiro atoms. The molecule has 4 rings (SSSR count). The topological polar surface area (TPSA) is 55.1 Å². The van der Waals surface area contributed by atoms with Crippen molar-refractivity contribution in [3.63, 3.8) is 0 Å². The van der Waals surface area contributed by atoms with Crippen LogP contribution in [0.1, 0.15) is 16.1 Å². The molecule has 0 aliphatic rings. The number of benzene rings is 1. The maximum atomic E-state index is 12.7. The Morgan fingerprint density at radius 1 is 1.16 bits per heavy atom. The quantitative estimate of drug-likeness (QED) is 0.478. The van der Waals surface area contributed by atoms with Gasteiger partial charge in [0.15, 0.2) is 5.76 Å². The molecule has 0 fully saturated rings. The van der Waals surface area contributed by atoms with Crippen molar-refractivity contribution >= 4 is 45.7 Å². The lowest BCUT2D eigenvalue weighted by Gasteiger charge is -2.04. The van der Waals surface area contributed by atoms with Crippen molar-refractivity contribution in [1.29, 1.82) is 0 Å². The van der Waals surface area contributed by atoms with E-state index >= 15 is 0 Å². The van der Waals surface area contributed by atoms with Crippen LogP contribution in [0.4, 0.5) is 5.69 Å². The van der Waals surface area contributed by atoms with Gasteiger partial charge in [0.2, 0.25) is 0 Å². The smallest absolute Gasteiger partial charge is 0.291 e. The first-order chi connectivity index (χ1) is 12.3. The Morgan fingerprint density at radius 2 is 2.08 bits per heavy atom. The zero-order valence-electron chi connectivity index (χ0n) is 13.1. The van der Waals surface area contributed by atoms with Crippen LogP contribution in [-0.4, -0.2) is 10.9 Å². The zero-order valence-corrected chi connectivity index (χ0v) is 14.8. The molecule has 0 unspecified atom stereocenters. The molecule has 3 heterocycles. The van der Waals surface area contributed by atoms with E-state index in [0.29, 0.717) is 17.2 Å². The summed E-state index contributed by atoms with van der Waals surface area (Å²) in [5.74, 6) is 0.771. The number of para-hydroxylation sites is 1. The van der Waals surface area contributed by atoms with Crippen LogP contribution >= 0.6 is 23.1 Å². The van der Waals surface area contributed by atoms with Crippen LogP contribution in [0.5, 0.6) is 0 Å². The maximum absolute atomic E-state index is 12.7. The summed E-state index contributed by atoms with van der Waals surface area (Å²) >= 11 is 3.39. The van der Waals surface area contributed by atoms with Gasteiger partial charge < -0.3 is 9.73 Å². The number of fused-ring (bicyclic) bond motifs is 1. The standard InChI is InChI=1S/C19H14N2O2S2/c22-19(21-13-5-3-9-20-11-13)18-15(12-25-17-8-4-10-24-17)14-6-1-2-7-16(14)23-18/h1-11H,12H2,(H,21,22). The molecule has 1 N–H and O–H groups in total. The second-order valence-electron chi connectivity index (χ2n) is 5.32. The third-order valence-electron chi connectivity index (χ3n) is 3.68. The van der Waals surface area contributed by atoms with Gasteiger partial charge in [-0.15, -0.1) is 23.1 Å². The number of aromatic nitrogens is 1. The molecule has 0 aliphatic heterocycles. The highest BCUT2D eigenvalue weighted by molar-refractivity contribution is 8.00. The molecule has 1 amide bonds. The van der Waals surface area contributed by atoms with Crippen molar-refractivity contribution < 1.29 is 9.21 Å². The van der Waals surface area contributed by atoms with Crippen LogP contribution in [0, 0.1) is 0 Å². The molecule has 6 heteroatoms. The number of amides is 1. The van der Waals surface area contributed by atoms with E-state index in [1.54, 1.807) is 47.6 Å². The number of thiophene rings is 1. The van der Waals surface area contributed by atoms with E-state index in [1.807, 2.05) is 35.7 Å². The van der Waals surface area contributed by atoms with E-state index in [-0.39, 0.29) is 5.91 Å². The highest BCUT2D eigenvalue weighted by Gasteiger charge is 2.20. The van der Waals surface area contributed by atoms with Crippen LogP contribution in [0.15, 0.2) is 74.9 Å². The van der Waals surface area contributed by atoms with Crippen molar-refractivity contribution in [2.45, 2.75) is 9.96 Å². The van der Waals surface area contributed by atoms with Gasteiger partial charge in [0.25, 0.3) is 5.91 Å². The van der Waals surface area contributed by atoms with Gasteiger partial charge in [-0.2, -0.15) is 0 Å². The van der Waals surface area contributed by atoms with Gasteiger partial charge in [-0.25, -0.2) is 0 Å². The molecular formula is C19H14N2O2S2. The van der Waals surface area contributed by atoms with Crippen molar-refractivity contribution in [2.75, 3.05) is 5.32 Å². The van der Waals surface area contributed by atoms with Gasteiger partial charge >= 0.3 is 0 Å². The normalized spacial score (nSPS) is 10.9. The number of nitrogens with zero attached hydrogens (tertiary/aromatic N) is 1. The number of thioether (sulfide) groups is 1. The first kappa shape index (κ1) is 15.9. The Hall–Kier alpha value is -2.57. The summed E-state index contributed by atoms with van der Waals surface area (Å²) in [7, 11) is 0. The van der Waals surface area contributed by atoms with E-state index in [1.165, 1.54) is 4.21 Å². The number of carbonyl (C=O) groups excluding carboxylic acids is 1. The highest BCUT2D eigenvalue weighted by Crippen LogP contribution is 2.34. The van der Waals surface area contributed by atoms with Gasteiger partial charge in [0.05, 0.1) is 16.1 Å². The molecule has 4 nitrogen and oxygen atoms in total. The molecule has 0 atom stereocenters. The van der Waals surface area contributed by atoms with E-state index in [9.17, 15) is 4.79 Å². The van der Waals surface area contributed by atoms with Crippen molar-refractivity contribution in [1.82, 2.24) is 4.98 Å². The van der Waals surface area contributed by atoms with Crippen LogP contribution in [0.2, 0.25) is 0 Å². The Bertz CT molecular complexity index is 995. The summed E-state index contributed by atoms with van der Waals surface area (Å²) in [6, 6.07) is 15.4. The van der Waals surface area contributed by atoms with Gasteiger partial charge in [-0.1, -0.05) is 24.3 Å². The third-order valence-corrected chi connectivity index (χ3v) is 5.84. The fourth-order valence-corrected chi connectivity index (χ4v) is 4.35. The fraction of sp³-hybridized carbons (Fsp3) is 0.0526. The summed E-state index contributed by atoms with van der Waals surface area (Å²) in [6.07, 6.45) is 3.28. The average Bonchev–Trinajstić information content (AvgIpc) is 3.28. The number of rotatable bonds is 5. The summed E-state index contributed by atoms with van der Waals surface area (Å²) in [5.41, 5.74) is 2.28. The van der Waals surface area contributed by atoms with Gasteiger partial charge in [-0.05, 0) is 29.6 Å². The lowest BCUT2D eigenvalue weighted by molar-refractivity contribution is 0.0998. The van der Waals surface area contributed by atoms with Gasteiger partial charge in [0, 0.05) is 22.9 Å². The van der Waals surface area contributed by atoms with Crippen LogP contribution in [0.3, 0.4) is 0 Å². The van der Waals surface area contributed by atoms with E-state index in [2.05, 4.69) is 16.4 Å². The highest BCUT2D eigenvalue weighted by atomic mass is 32.2. The number of hydrogen-bond donors (Lipinski definition) is 1. The average molecular weight is 366 g/mol. The Balaban J connectivity index is 1.67. The number of furan rings is 1. The Labute approximate surface area is 152 Å². The molecular weight excluding hydrogens is 352 g/mol. The minimum absolute atomic E-state index is 0.258.